The van der Waals surface area contributed by atoms with Gasteiger partial charge in [0.1, 0.15) is 6.04 Å². The van der Waals surface area contributed by atoms with Crippen molar-refractivity contribution in [1.82, 2.24) is 10.6 Å². The molecule has 0 saturated heterocycles. The minimum absolute atomic E-state index is 0.228. The van der Waals surface area contributed by atoms with Crippen LogP contribution in [0.25, 0.3) is 0 Å². The lowest BCUT2D eigenvalue weighted by Crippen LogP contribution is -2.47. The van der Waals surface area contributed by atoms with Crippen molar-refractivity contribution in [1.29, 1.82) is 0 Å². The van der Waals surface area contributed by atoms with E-state index in [1.807, 2.05) is 0 Å². The predicted octanol–water partition coefficient (Wildman–Crippen LogP) is 0.684. The monoisotopic (exact) mass is 270 g/mol. The molecule has 6 heteroatoms. The molecule has 0 aliphatic heterocycles. The van der Waals surface area contributed by atoms with Crippen molar-refractivity contribution in [3.05, 3.63) is 12.7 Å². The van der Waals surface area contributed by atoms with E-state index in [-0.39, 0.29) is 18.9 Å². The number of carbonyl (C=O) groups is 3. The smallest absolute Gasteiger partial charge is 0.326 e. The molecule has 0 spiro atoms. The van der Waals surface area contributed by atoms with Crippen molar-refractivity contribution < 1.29 is 19.5 Å². The van der Waals surface area contributed by atoms with Gasteiger partial charge in [0.15, 0.2) is 0 Å². The van der Waals surface area contributed by atoms with Gasteiger partial charge in [-0.3, -0.25) is 9.59 Å². The summed E-state index contributed by atoms with van der Waals surface area (Å²) in [6.07, 6.45) is 2.35. The third-order valence-electron chi connectivity index (χ3n) is 2.38. The summed E-state index contributed by atoms with van der Waals surface area (Å²) in [5.74, 6) is -1.88. The fourth-order valence-electron chi connectivity index (χ4n) is 1.21. The Morgan fingerprint density at radius 2 is 1.89 bits per heavy atom. The van der Waals surface area contributed by atoms with Crippen LogP contribution in [-0.2, 0) is 14.4 Å². The molecule has 108 valence electrons. The molecule has 0 aromatic heterocycles. The Morgan fingerprint density at radius 3 is 2.32 bits per heavy atom. The molecule has 0 aromatic carbocycles. The first-order valence-corrected chi connectivity index (χ1v) is 6.10. The number of carboxylic acid groups (broad SMARTS) is 1. The molecular weight excluding hydrogens is 248 g/mol. The van der Waals surface area contributed by atoms with Crippen LogP contribution in [-0.4, -0.2) is 35.5 Å². The van der Waals surface area contributed by atoms with Crippen LogP contribution in [0.15, 0.2) is 12.7 Å². The van der Waals surface area contributed by atoms with E-state index < -0.39 is 23.3 Å². The van der Waals surface area contributed by atoms with Gasteiger partial charge in [0.2, 0.25) is 11.8 Å². The van der Waals surface area contributed by atoms with E-state index in [1.165, 1.54) is 0 Å². The summed E-state index contributed by atoms with van der Waals surface area (Å²) in [4.78, 5) is 34.0. The maximum atomic E-state index is 11.5. The van der Waals surface area contributed by atoms with Crippen LogP contribution in [0.4, 0.5) is 0 Å². The molecule has 3 N–H and O–H groups in total. The van der Waals surface area contributed by atoms with Gasteiger partial charge >= 0.3 is 5.97 Å². The summed E-state index contributed by atoms with van der Waals surface area (Å²) in [5, 5.41) is 13.7. The van der Waals surface area contributed by atoms with Crippen LogP contribution in [0.3, 0.4) is 0 Å². The summed E-state index contributed by atoms with van der Waals surface area (Å²) in [7, 11) is 0. The topological polar surface area (TPSA) is 95.5 Å². The predicted molar refractivity (Wildman–Crippen MR) is 71.5 cm³/mol. The second-order valence-electron chi connectivity index (χ2n) is 5.26. The molecule has 2 amide bonds. The lowest BCUT2D eigenvalue weighted by atomic mass is 9.96. The van der Waals surface area contributed by atoms with Crippen LogP contribution in [0, 0.1) is 5.41 Å². The molecule has 0 heterocycles. The highest BCUT2D eigenvalue weighted by Crippen LogP contribution is 2.11. The number of hydrogen-bond acceptors (Lipinski definition) is 3. The Morgan fingerprint density at radius 1 is 1.32 bits per heavy atom. The summed E-state index contributed by atoms with van der Waals surface area (Å²) in [6.45, 7) is 8.45. The van der Waals surface area contributed by atoms with Crippen molar-refractivity contribution in [2.24, 2.45) is 5.41 Å². The van der Waals surface area contributed by atoms with Gasteiger partial charge in [-0.25, -0.2) is 4.79 Å². The maximum absolute atomic E-state index is 11.5. The molecule has 0 aromatic rings. The van der Waals surface area contributed by atoms with E-state index in [1.54, 1.807) is 26.8 Å². The molecule has 1 unspecified atom stereocenters. The number of aliphatic carboxylic acids is 1. The zero-order valence-electron chi connectivity index (χ0n) is 11.7. The van der Waals surface area contributed by atoms with Gasteiger partial charge in [0.25, 0.3) is 0 Å². The first kappa shape index (κ1) is 17.2. The quantitative estimate of drug-likeness (QED) is 0.593. The normalized spacial score (nSPS) is 12.4. The SMILES string of the molecule is C=CCCC(NC(=O)CNC(=O)C(C)(C)C)C(=O)O. The van der Waals surface area contributed by atoms with Gasteiger partial charge in [0, 0.05) is 5.41 Å². The third kappa shape index (κ3) is 7.23. The molecule has 0 rings (SSSR count). The van der Waals surface area contributed by atoms with Crippen molar-refractivity contribution in [2.75, 3.05) is 6.54 Å². The van der Waals surface area contributed by atoms with E-state index in [2.05, 4.69) is 17.2 Å². The molecule has 0 aliphatic rings. The fourth-order valence-corrected chi connectivity index (χ4v) is 1.21. The molecule has 19 heavy (non-hydrogen) atoms. The van der Waals surface area contributed by atoms with E-state index in [4.69, 9.17) is 5.11 Å². The second-order valence-corrected chi connectivity index (χ2v) is 5.26. The highest BCUT2D eigenvalue weighted by atomic mass is 16.4. The number of amides is 2. The van der Waals surface area contributed by atoms with Gasteiger partial charge in [-0.15, -0.1) is 6.58 Å². The molecule has 0 saturated carbocycles. The average Bonchev–Trinajstić information content (AvgIpc) is 2.29. The van der Waals surface area contributed by atoms with Gasteiger partial charge in [-0.05, 0) is 12.8 Å². The van der Waals surface area contributed by atoms with E-state index >= 15 is 0 Å². The van der Waals surface area contributed by atoms with E-state index in [0.717, 1.165) is 0 Å². The highest BCUT2D eigenvalue weighted by molar-refractivity contribution is 5.89. The van der Waals surface area contributed by atoms with Crippen LogP contribution in [0.5, 0.6) is 0 Å². The zero-order chi connectivity index (χ0) is 15.1. The maximum Gasteiger partial charge on any atom is 0.326 e. The van der Waals surface area contributed by atoms with E-state index in [0.29, 0.717) is 6.42 Å². The molecule has 1 atom stereocenters. The first-order chi connectivity index (χ1) is 8.68. The minimum Gasteiger partial charge on any atom is -0.480 e. The summed E-state index contributed by atoms with van der Waals surface area (Å²) in [5.41, 5.74) is -0.588. The molecular formula is C13H22N2O4. The van der Waals surface area contributed by atoms with Gasteiger partial charge < -0.3 is 15.7 Å². The highest BCUT2D eigenvalue weighted by Gasteiger charge is 2.23. The molecule has 0 bridgehead atoms. The van der Waals surface area contributed by atoms with Crippen LogP contribution in [0.1, 0.15) is 33.6 Å². The number of nitrogens with one attached hydrogen (secondary N) is 2. The summed E-state index contributed by atoms with van der Waals surface area (Å²) < 4.78 is 0. The molecule has 0 radical (unpaired) electrons. The van der Waals surface area contributed by atoms with Crippen molar-refractivity contribution in [2.45, 2.75) is 39.7 Å². The Hall–Kier alpha value is -1.85. The van der Waals surface area contributed by atoms with Crippen molar-refractivity contribution in [3.8, 4) is 0 Å². The van der Waals surface area contributed by atoms with Gasteiger partial charge in [-0.2, -0.15) is 0 Å². The standard InChI is InChI=1S/C13H22N2O4/c1-5-6-7-9(11(17)18)15-10(16)8-14-12(19)13(2,3)4/h5,9H,1,6-8H2,2-4H3,(H,14,19)(H,15,16)(H,17,18). The van der Waals surface area contributed by atoms with Crippen LogP contribution in [0.2, 0.25) is 0 Å². The number of carbonyl (C=O) groups excluding carboxylic acids is 2. The number of allylic oxidation sites excluding steroid dienone is 1. The van der Waals surface area contributed by atoms with Crippen molar-refractivity contribution in [3.63, 3.8) is 0 Å². The van der Waals surface area contributed by atoms with Crippen molar-refractivity contribution >= 4 is 17.8 Å². The molecule has 0 fully saturated rings. The first-order valence-electron chi connectivity index (χ1n) is 6.10. The summed E-state index contributed by atoms with van der Waals surface area (Å²) in [6, 6.07) is -0.961. The van der Waals surface area contributed by atoms with Crippen LogP contribution >= 0.6 is 0 Å². The number of carboxylic acids is 1. The Bertz CT molecular complexity index is 358. The minimum atomic E-state index is -1.10. The number of rotatable bonds is 7. The third-order valence-corrected chi connectivity index (χ3v) is 2.38. The van der Waals surface area contributed by atoms with Gasteiger partial charge in [0.05, 0.1) is 6.54 Å². The lowest BCUT2D eigenvalue weighted by Gasteiger charge is -2.18. The molecule has 0 aliphatic carbocycles. The van der Waals surface area contributed by atoms with Crippen LogP contribution < -0.4 is 10.6 Å². The Kier molecular flexibility index (Phi) is 6.82. The van der Waals surface area contributed by atoms with Gasteiger partial charge in [-0.1, -0.05) is 26.8 Å². The Balaban J connectivity index is 4.24. The molecule has 6 nitrogen and oxygen atoms in total. The largest absolute Gasteiger partial charge is 0.480 e. The Labute approximate surface area is 113 Å². The summed E-state index contributed by atoms with van der Waals surface area (Å²) >= 11 is 0. The second kappa shape index (κ2) is 7.56. The average molecular weight is 270 g/mol. The number of hydrogen-bond donors (Lipinski definition) is 3. The lowest BCUT2D eigenvalue weighted by molar-refractivity contribution is -0.142. The fraction of sp³-hybridized carbons (Fsp3) is 0.615. The zero-order valence-corrected chi connectivity index (χ0v) is 11.7. The van der Waals surface area contributed by atoms with E-state index in [9.17, 15) is 14.4 Å².